The Kier molecular flexibility index (Phi) is 14.0. The molecule has 6 heteroatoms. The highest BCUT2D eigenvalue weighted by Crippen LogP contribution is 2.35. The molecule has 4 aliphatic rings. The normalized spacial score (nSPS) is 15.4. The van der Waals surface area contributed by atoms with Crippen LogP contribution in [-0.4, -0.2) is 52.9 Å². The van der Waals surface area contributed by atoms with Crippen molar-refractivity contribution in [1.29, 1.82) is 0 Å². The second-order valence-corrected chi connectivity index (χ2v) is 18.9. The molecule has 0 unspecified atom stereocenters. The fourth-order valence-electron chi connectivity index (χ4n) is 10.6. The molecule has 20 bridgehead atoms. The smallest absolute Gasteiger partial charge is 0.126 e. The summed E-state index contributed by atoms with van der Waals surface area (Å²) in [4.78, 5) is 0. The van der Waals surface area contributed by atoms with Gasteiger partial charge in [0, 0.05) is 51.4 Å². The summed E-state index contributed by atoms with van der Waals surface area (Å²) < 4.78 is 39.7. The van der Waals surface area contributed by atoms with Crippen molar-refractivity contribution in [3.63, 3.8) is 0 Å². The Morgan fingerprint density at radius 2 is 0.371 bits per heavy atom. The number of hydrogen-bond donors (Lipinski definition) is 0. The first-order chi connectivity index (χ1) is 34.6. The Morgan fingerprint density at radius 3 is 0.557 bits per heavy atom. The van der Waals surface area contributed by atoms with Gasteiger partial charge in [0.2, 0.25) is 0 Å². The van der Waals surface area contributed by atoms with Gasteiger partial charge >= 0.3 is 0 Å². The van der Waals surface area contributed by atoms with Crippen LogP contribution in [-0.2, 0) is 60.8 Å². The van der Waals surface area contributed by atoms with Crippen LogP contribution in [0.4, 0.5) is 0 Å². The average Bonchev–Trinajstić information content (AvgIpc) is 3.36. The van der Waals surface area contributed by atoms with Crippen LogP contribution in [0.3, 0.4) is 0 Å². The SMILES string of the molecule is c1cc2cc(c1)Cc1cccc3c1OCCOCCOc1c4cccc1Cc1cccc(c1)Cc1cccc(c1OCCOCCOc1c(cccc1Cc1cccc(c1)C3)C2)Cc1cccc(c1)C4. The van der Waals surface area contributed by atoms with Gasteiger partial charge in [-0.3, -0.25) is 0 Å². The highest BCUT2D eigenvalue weighted by Gasteiger charge is 2.19. The second kappa shape index (κ2) is 21.7. The fraction of sp³-hybridized carbons (Fsp3) is 0.250. The number of rotatable bonds is 0. The number of ether oxygens (including phenoxy) is 6. The number of fused-ring (bicyclic) bond motifs is 14. The van der Waals surface area contributed by atoms with E-state index in [1.807, 2.05) is 0 Å². The standard InChI is InChI=1S/C64H60O6/c1-9-45-33-46(10-1)38-54-18-6-20-56-40-48-12-2-11-47(34-48)39-55-19-5-17-53(37-45)61(55)67-29-25-65-27-31-69-63-57-21-7-23-59(63)43-51-15-4-16-52(36-51)44-60-24-8-22-58(42-50-14-3-13-49(35-50)41-57)64(60)70-32-28-66-26-30-68-62(54)56/h1-24,33-36H,25-32,37-44H2. The molecule has 2 aliphatic carbocycles. The molecule has 0 fully saturated rings. The van der Waals surface area contributed by atoms with E-state index in [0.29, 0.717) is 52.9 Å². The summed E-state index contributed by atoms with van der Waals surface area (Å²) in [6.45, 7) is 3.49. The maximum atomic E-state index is 6.77. The number of benzene rings is 8. The predicted octanol–water partition coefficient (Wildman–Crippen LogP) is 12.3. The number of hydrogen-bond acceptors (Lipinski definition) is 6. The van der Waals surface area contributed by atoms with Gasteiger partial charge in [0.1, 0.15) is 49.4 Å². The van der Waals surface area contributed by atoms with Crippen molar-refractivity contribution in [2.24, 2.45) is 0 Å². The third kappa shape index (κ3) is 11.0. The Morgan fingerprint density at radius 1 is 0.200 bits per heavy atom. The van der Waals surface area contributed by atoms with Crippen molar-refractivity contribution in [3.8, 4) is 23.0 Å². The van der Waals surface area contributed by atoms with E-state index in [2.05, 4.69) is 170 Å². The minimum absolute atomic E-state index is 0.429. The zero-order valence-corrected chi connectivity index (χ0v) is 39.9. The molecule has 0 N–H and O–H groups in total. The van der Waals surface area contributed by atoms with Gasteiger partial charge in [-0.25, -0.2) is 0 Å². The van der Waals surface area contributed by atoms with Crippen molar-refractivity contribution in [2.45, 2.75) is 51.4 Å². The van der Waals surface area contributed by atoms with Gasteiger partial charge in [-0.2, -0.15) is 0 Å². The quantitative estimate of drug-likeness (QED) is 0.141. The van der Waals surface area contributed by atoms with Gasteiger partial charge in [-0.05, 0) is 89.0 Å². The Hall–Kier alpha value is -7.12. The van der Waals surface area contributed by atoms with E-state index in [1.165, 1.54) is 89.0 Å². The molecule has 6 nitrogen and oxygen atoms in total. The molecular weight excluding hydrogens is 865 g/mol. The predicted molar refractivity (Wildman–Crippen MR) is 278 cm³/mol. The van der Waals surface area contributed by atoms with Gasteiger partial charge in [-0.15, -0.1) is 0 Å². The monoisotopic (exact) mass is 924 g/mol. The van der Waals surface area contributed by atoms with E-state index in [9.17, 15) is 0 Å². The van der Waals surface area contributed by atoms with E-state index >= 15 is 0 Å². The van der Waals surface area contributed by atoms with Gasteiger partial charge in [0.25, 0.3) is 0 Å². The molecule has 0 saturated heterocycles. The highest BCUT2D eigenvalue weighted by atomic mass is 16.6. The Bertz CT molecular complexity index is 2520. The molecule has 0 saturated carbocycles. The van der Waals surface area contributed by atoms with E-state index < -0.39 is 0 Å². The van der Waals surface area contributed by atoms with E-state index in [-0.39, 0.29) is 0 Å². The van der Waals surface area contributed by atoms with Crippen molar-refractivity contribution in [2.75, 3.05) is 52.9 Å². The van der Waals surface area contributed by atoms with Gasteiger partial charge in [0.05, 0.1) is 26.4 Å². The number of para-hydroxylation sites is 4. The summed E-state index contributed by atoms with van der Waals surface area (Å²) >= 11 is 0. The lowest BCUT2D eigenvalue weighted by Crippen LogP contribution is -2.15. The molecule has 2 heterocycles. The molecule has 8 aromatic carbocycles. The van der Waals surface area contributed by atoms with Crippen LogP contribution in [0.25, 0.3) is 0 Å². The Labute approximate surface area is 412 Å². The van der Waals surface area contributed by atoms with Crippen LogP contribution < -0.4 is 18.9 Å². The molecule has 70 heavy (non-hydrogen) atoms. The van der Waals surface area contributed by atoms with Crippen LogP contribution in [0, 0.1) is 0 Å². The first-order valence-corrected chi connectivity index (χ1v) is 25.0. The fourth-order valence-corrected chi connectivity index (χ4v) is 10.6. The summed E-state index contributed by atoms with van der Waals surface area (Å²) in [5.41, 5.74) is 19.2. The molecule has 0 radical (unpaired) electrons. The summed E-state index contributed by atoms with van der Waals surface area (Å²) in [6, 6.07) is 62.2. The summed E-state index contributed by atoms with van der Waals surface area (Å²) in [7, 11) is 0. The van der Waals surface area contributed by atoms with Gasteiger partial charge in [-0.1, -0.05) is 170 Å². The highest BCUT2D eigenvalue weighted by molar-refractivity contribution is 5.52. The van der Waals surface area contributed by atoms with Crippen LogP contribution >= 0.6 is 0 Å². The van der Waals surface area contributed by atoms with Crippen LogP contribution in [0.2, 0.25) is 0 Å². The molecule has 0 aromatic heterocycles. The average molecular weight is 925 g/mol. The topological polar surface area (TPSA) is 55.4 Å². The molecule has 2 aliphatic heterocycles. The van der Waals surface area contributed by atoms with Crippen molar-refractivity contribution in [1.82, 2.24) is 0 Å². The summed E-state index contributed by atoms with van der Waals surface area (Å²) in [5.74, 6) is 3.77. The molecule has 12 rings (SSSR count). The van der Waals surface area contributed by atoms with E-state index in [1.54, 1.807) is 0 Å². The van der Waals surface area contributed by atoms with Gasteiger partial charge < -0.3 is 28.4 Å². The first-order valence-electron chi connectivity index (χ1n) is 25.0. The molecule has 0 spiro atoms. The second-order valence-electron chi connectivity index (χ2n) is 18.9. The lowest BCUT2D eigenvalue weighted by molar-refractivity contribution is 0.0756. The van der Waals surface area contributed by atoms with Crippen LogP contribution in [0.1, 0.15) is 89.0 Å². The third-order valence-electron chi connectivity index (χ3n) is 13.7. The van der Waals surface area contributed by atoms with Crippen molar-refractivity contribution >= 4 is 0 Å². The van der Waals surface area contributed by atoms with Crippen molar-refractivity contribution in [3.05, 3.63) is 259 Å². The molecule has 0 atom stereocenters. The molecule has 0 amide bonds. The van der Waals surface area contributed by atoms with E-state index in [0.717, 1.165) is 74.4 Å². The third-order valence-corrected chi connectivity index (χ3v) is 13.7. The molecule has 352 valence electrons. The summed E-state index contributed by atoms with van der Waals surface area (Å²) in [5, 5.41) is 0. The largest absolute Gasteiger partial charge is 0.491 e. The first kappa shape index (κ1) is 45.3. The maximum Gasteiger partial charge on any atom is 0.126 e. The zero-order valence-electron chi connectivity index (χ0n) is 39.9. The molecular formula is C64H60O6. The minimum atomic E-state index is 0.429. The lowest BCUT2D eigenvalue weighted by Gasteiger charge is -2.20. The summed E-state index contributed by atoms with van der Waals surface area (Å²) in [6.07, 6.45) is 6.00. The van der Waals surface area contributed by atoms with Gasteiger partial charge in [0.15, 0.2) is 0 Å². The van der Waals surface area contributed by atoms with Crippen LogP contribution in [0.5, 0.6) is 23.0 Å². The maximum absolute atomic E-state index is 6.77. The van der Waals surface area contributed by atoms with Crippen molar-refractivity contribution < 1.29 is 28.4 Å². The zero-order chi connectivity index (χ0) is 46.9. The molecule has 8 aromatic rings. The van der Waals surface area contributed by atoms with Crippen LogP contribution in [0.15, 0.2) is 170 Å². The lowest BCUT2D eigenvalue weighted by atomic mass is 9.92. The Balaban J connectivity index is 0.938. The van der Waals surface area contributed by atoms with E-state index in [4.69, 9.17) is 28.4 Å². The minimum Gasteiger partial charge on any atom is -0.491 e.